The molecule has 0 amide bonds. The van der Waals surface area contributed by atoms with Crippen LogP contribution in [0, 0.1) is 6.92 Å². The largest absolute Gasteiger partial charge is 0.451 e. The molecule has 0 atom stereocenters. The van der Waals surface area contributed by atoms with Crippen molar-refractivity contribution in [2.75, 3.05) is 10.6 Å². The van der Waals surface area contributed by atoms with Crippen LogP contribution in [0.3, 0.4) is 0 Å². The van der Waals surface area contributed by atoms with E-state index in [0.29, 0.717) is 13.1 Å². The first-order valence-electron chi connectivity index (χ1n) is 5.62. The predicted molar refractivity (Wildman–Crippen MR) is 66.0 cm³/mol. The highest BCUT2D eigenvalue weighted by atomic mass is 32.1. The summed E-state index contributed by atoms with van der Waals surface area (Å²) in [5.41, 5.74) is 6.17. The number of nitrogens with zero attached hydrogens (tertiary/aromatic N) is 5. The molecule has 0 radical (unpaired) electrons. The van der Waals surface area contributed by atoms with Crippen LogP contribution in [0.25, 0.3) is 0 Å². The van der Waals surface area contributed by atoms with Crippen molar-refractivity contribution in [3.8, 4) is 0 Å². The third-order valence-corrected chi connectivity index (χ3v) is 3.74. The number of hydrogen-bond acceptors (Lipinski definition) is 7. The monoisotopic (exact) mass is 302 g/mol. The van der Waals surface area contributed by atoms with Gasteiger partial charge in [-0.05, 0) is 6.92 Å². The van der Waals surface area contributed by atoms with Crippen LogP contribution in [0.2, 0.25) is 0 Å². The maximum atomic E-state index is 12.7. The molecule has 3 rings (SSSR count). The van der Waals surface area contributed by atoms with Crippen LogP contribution in [0.5, 0.6) is 0 Å². The highest BCUT2D eigenvalue weighted by Crippen LogP contribution is 2.32. The number of aryl methyl sites for hydroxylation is 1. The quantitative estimate of drug-likeness (QED) is 0.864. The summed E-state index contributed by atoms with van der Waals surface area (Å²) in [6.07, 6.45) is -4.65. The van der Waals surface area contributed by atoms with E-state index in [1.54, 1.807) is 4.90 Å². The maximum Gasteiger partial charge on any atom is 0.451 e. The zero-order chi connectivity index (χ0) is 14.5. The van der Waals surface area contributed by atoms with Gasteiger partial charge in [-0.15, -0.1) is 11.3 Å². The average molecular weight is 302 g/mol. The summed E-state index contributed by atoms with van der Waals surface area (Å²) in [5.74, 6) is -1.80. The lowest BCUT2D eigenvalue weighted by molar-refractivity contribution is -0.144. The van der Waals surface area contributed by atoms with Gasteiger partial charge < -0.3 is 10.6 Å². The van der Waals surface area contributed by atoms with Crippen LogP contribution in [-0.4, -0.2) is 19.9 Å². The third kappa shape index (κ3) is 2.26. The number of thiazole rings is 1. The number of rotatable bonds is 1. The molecular weight excluding hydrogens is 293 g/mol. The molecule has 1 aliphatic rings. The van der Waals surface area contributed by atoms with E-state index in [1.807, 2.05) is 6.92 Å². The van der Waals surface area contributed by atoms with Crippen molar-refractivity contribution in [1.82, 2.24) is 19.9 Å². The molecular formula is C10H9F3N6S. The molecule has 0 unspecified atom stereocenters. The standard InChI is InChI=1S/C10H9F3N6S/c1-4-15-5-2-19(3-6(5)20-4)9-17-7(10(11,12)13)16-8(14)18-9/h2-3H2,1H3,(H2,14,16,17,18). The number of fused-ring (bicyclic) bond motifs is 1. The van der Waals surface area contributed by atoms with Gasteiger partial charge in [0.15, 0.2) is 0 Å². The summed E-state index contributed by atoms with van der Waals surface area (Å²) in [6.45, 7) is 2.69. The van der Waals surface area contributed by atoms with Crippen molar-refractivity contribution in [2.45, 2.75) is 26.2 Å². The lowest BCUT2D eigenvalue weighted by atomic mass is 10.4. The van der Waals surface area contributed by atoms with Gasteiger partial charge >= 0.3 is 6.18 Å². The minimum atomic E-state index is -4.65. The summed E-state index contributed by atoms with van der Waals surface area (Å²) in [4.78, 5) is 17.3. The minimum Gasteiger partial charge on any atom is -0.368 e. The number of nitrogen functional groups attached to an aromatic ring is 1. The Labute approximate surface area is 115 Å². The topological polar surface area (TPSA) is 80.8 Å². The van der Waals surface area contributed by atoms with Gasteiger partial charge in [-0.25, -0.2) is 4.98 Å². The molecule has 0 aromatic carbocycles. The van der Waals surface area contributed by atoms with E-state index in [9.17, 15) is 13.2 Å². The Balaban J connectivity index is 1.92. The van der Waals surface area contributed by atoms with E-state index < -0.39 is 17.9 Å². The van der Waals surface area contributed by atoms with Crippen molar-refractivity contribution < 1.29 is 13.2 Å². The van der Waals surface area contributed by atoms with Gasteiger partial charge in [0, 0.05) is 4.88 Å². The SMILES string of the molecule is Cc1nc2c(s1)CN(c1nc(N)nc(C(F)(F)F)n1)C2. The van der Waals surface area contributed by atoms with Gasteiger partial charge in [0.2, 0.25) is 17.7 Å². The highest BCUT2D eigenvalue weighted by molar-refractivity contribution is 7.11. The van der Waals surface area contributed by atoms with Crippen molar-refractivity contribution in [3.05, 3.63) is 21.4 Å². The van der Waals surface area contributed by atoms with E-state index in [4.69, 9.17) is 5.73 Å². The zero-order valence-electron chi connectivity index (χ0n) is 10.3. The molecule has 0 aliphatic carbocycles. The van der Waals surface area contributed by atoms with Crippen LogP contribution in [-0.2, 0) is 19.3 Å². The molecule has 10 heteroatoms. The maximum absolute atomic E-state index is 12.7. The van der Waals surface area contributed by atoms with Gasteiger partial charge in [-0.1, -0.05) is 0 Å². The van der Waals surface area contributed by atoms with Gasteiger partial charge in [0.25, 0.3) is 0 Å². The lowest BCUT2D eigenvalue weighted by Gasteiger charge is -2.16. The van der Waals surface area contributed by atoms with Gasteiger partial charge in [-0.3, -0.25) is 0 Å². The van der Waals surface area contributed by atoms with E-state index in [0.717, 1.165) is 15.6 Å². The first-order chi connectivity index (χ1) is 9.33. The molecule has 0 saturated carbocycles. The van der Waals surface area contributed by atoms with Crippen molar-refractivity contribution >= 4 is 23.2 Å². The number of anilines is 2. The zero-order valence-corrected chi connectivity index (χ0v) is 11.1. The van der Waals surface area contributed by atoms with Gasteiger partial charge in [-0.2, -0.15) is 28.1 Å². The van der Waals surface area contributed by atoms with Crippen molar-refractivity contribution in [3.63, 3.8) is 0 Å². The Morgan fingerprint density at radius 2 is 1.90 bits per heavy atom. The molecule has 2 aromatic heterocycles. The molecule has 106 valence electrons. The summed E-state index contributed by atoms with van der Waals surface area (Å²) >= 11 is 1.51. The average Bonchev–Trinajstić information content (AvgIpc) is 2.84. The molecule has 0 spiro atoms. The fourth-order valence-electron chi connectivity index (χ4n) is 1.96. The van der Waals surface area contributed by atoms with Crippen LogP contribution in [0.1, 0.15) is 21.4 Å². The number of hydrogen-bond donors (Lipinski definition) is 1. The second kappa shape index (κ2) is 4.27. The Morgan fingerprint density at radius 1 is 1.15 bits per heavy atom. The molecule has 6 nitrogen and oxygen atoms in total. The number of nitrogens with two attached hydrogens (primary N) is 1. The number of halogens is 3. The fourth-order valence-corrected chi connectivity index (χ4v) is 2.92. The number of aromatic nitrogens is 4. The normalized spacial score (nSPS) is 14.7. The summed E-state index contributed by atoms with van der Waals surface area (Å²) in [6, 6.07) is 0. The molecule has 2 N–H and O–H groups in total. The van der Waals surface area contributed by atoms with E-state index in [-0.39, 0.29) is 5.95 Å². The lowest BCUT2D eigenvalue weighted by Crippen LogP contribution is -2.22. The third-order valence-electron chi connectivity index (χ3n) is 2.74. The Morgan fingerprint density at radius 3 is 2.55 bits per heavy atom. The van der Waals surface area contributed by atoms with Gasteiger partial charge in [0.05, 0.1) is 23.8 Å². The van der Waals surface area contributed by atoms with Crippen LogP contribution in [0.4, 0.5) is 25.1 Å². The van der Waals surface area contributed by atoms with E-state index in [1.165, 1.54) is 11.3 Å². The molecule has 0 saturated heterocycles. The first kappa shape index (κ1) is 13.0. The van der Waals surface area contributed by atoms with Crippen molar-refractivity contribution in [1.29, 1.82) is 0 Å². The van der Waals surface area contributed by atoms with Gasteiger partial charge in [0.1, 0.15) is 0 Å². The summed E-state index contributed by atoms with van der Waals surface area (Å²) in [5, 5.41) is 0.931. The molecule has 2 aromatic rings. The molecule has 0 fully saturated rings. The Hall–Kier alpha value is -1.97. The predicted octanol–water partition coefficient (Wildman–Crippen LogP) is 1.76. The minimum absolute atomic E-state index is 0.0762. The summed E-state index contributed by atoms with van der Waals surface area (Å²) in [7, 11) is 0. The molecule has 20 heavy (non-hydrogen) atoms. The molecule has 1 aliphatic heterocycles. The van der Waals surface area contributed by atoms with Crippen LogP contribution >= 0.6 is 11.3 Å². The van der Waals surface area contributed by atoms with Crippen LogP contribution in [0.15, 0.2) is 0 Å². The van der Waals surface area contributed by atoms with Crippen molar-refractivity contribution in [2.24, 2.45) is 0 Å². The second-order valence-corrected chi connectivity index (χ2v) is 5.56. The first-order valence-corrected chi connectivity index (χ1v) is 6.43. The van der Waals surface area contributed by atoms with E-state index in [2.05, 4.69) is 19.9 Å². The fraction of sp³-hybridized carbons (Fsp3) is 0.400. The second-order valence-electron chi connectivity index (χ2n) is 4.27. The molecule has 0 bridgehead atoms. The summed E-state index contributed by atoms with van der Waals surface area (Å²) < 4.78 is 38.0. The molecule has 3 heterocycles. The smallest absolute Gasteiger partial charge is 0.368 e. The Kier molecular flexibility index (Phi) is 2.78. The van der Waals surface area contributed by atoms with Crippen LogP contribution < -0.4 is 10.6 Å². The number of alkyl halides is 3. The van der Waals surface area contributed by atoms with E-state index >= 15 is 0 Å². The Bertz CT molecular complexity index is 644. The highest BCUT2D eigenvalue weighted by Gasteiger charge is 2.36.